The van der Waals surface area contributed by atoms with Gasteiger partial charge in [0.15, 0.2) is 12.4 Å². The third-order valence-corrected chi connectivity index (χ3v) is 2.20. The van der Waals surface area contributed by atoms with E-state index >= 15 is 0 Å². The number of ether oxygens (including phenoxy) is 2. The van der Waals surface area contributed by atoms with E-state index in [1.165, 1.54) is 6.92 Å². The lowest BCUT2D eigenvalue weighted by Gasteiger charge is -2.20. The number of nitrogens with zero attached hydrogens (tertiary/aromatic N) is 1. The minimum atomic E-state index is -4.56. The second-order valence-corrected chi connectivity index (χ2v) is 5.78. The van der Waals surface area contributed by atoms with Crippen LogP contribution in [0.4, 0.5) is 29.5 Å². The molecule has 1 aromatic rings. The Morgan fingerprint density at radius 2 is 1.83 bits per heavy atom. The van der Waals surface area contributed by atoms with Crippen molar-refractivity contribution in [1.82, 2.24) is 4.98 Å². The van der Waals surface area contributed by atoms with E-state index in [1.54, 1.807) is 20.8 Å². The lowest BCUT2D eigenvalue weighted by Crippen LogP contribution is -2.27. The van der Waals surface area contributed by atoms with Crippen molar-refractivity contribution in [3.8, 4) is 5.75 Å². The van der Waals surface area contributed by atoms with Crippen LogP contribution in [0, 0.1) is 0 Å². The van der Waals surface area contributed by atoms with Crippen LogP contribution in [-0.4, -0.2) is 35.4 Å². The zero-order chi connectivity index (χ0) is 18.5. The largest absolute Gasteiger partial charge is 0.480 e. The molecule has 0 bridgehead atoms. The van der Waals surface area contributed by atoms with Gasteiger partial charge in [-0.05, 0) is 20.8 Å². The van der Waals surface area contributed by atoms with Crippen LogP contribution in [-0.2, 0) is 9.53 Å². The molecule has 1 heterocycles. The molecule has 0 spiro atoms. The van der Waals surface area contributed by atoms with Crippen molar-refractivity contribution >= 4 is 23.5 Å². The molecule has 0 radical (unpaired) electrons. The average Bonchev–Trinajstić information content (AvgIpc) is 2.33. The smallest absolute Gasteiger partial charge is 0.422 e. The average molecular weight is 349 g/mol. The number of aromatic nitrogens is 1. The Morgan fingerprint density at radius 3 is 2.33 bits per heavy atom. The number of carbonyl (C=O) groups excluding carboxylic acids is 2. The molecular formula is C14H18F3N3O4. The molecule has 0 aliphatic rings. The number of pyridine rings is 1. The Labute approximate surface area is 136 Å². The lowest BCUT2D eigenvalue weighted by molar-refractivity contribution is -0.153. The van der Waals surface area contributed by atoms with Gasteiger partial charge in [-0.25, -0.2) is 9.78 Å². The monoisotopic (exact) mass is 349 g/mol. The number of amides is 2. The Balaban J connectivity index is 3.00. The molecule has 1 rings (SSSR count). The van der Waals surface area contributed by atoms with E-state index in [2.05, 4.69) is 20.4 Å². The van der Waals surface area contributed by atoms with Gasteiger partial charge in [0, 0.05) is 13.0 Å². The van der Waals surface area contributed by atoms with Crippen LogP contribution in [0.15, 0.2) is 12.3 Å². The molecule has 10 heteroatoms. The third-order valence-electron chi connectivity index (χ3n) is 2.20. The van der Waals surface area contributed by atoms with Crippen molar-refractivity contribution < 1.29 is 32.2 Å². The van der Waals surface area contributed by atoms with Crippen LogP contribution in [0.5, 0.6) is 5.75 Å². The number of halogens is 3. The molecule has 7 nitrogen and oxygen atoms in total. The van der Waals surface area contributed by atoms with Crippen LogP contribution in [0.1, 0.15) is 27.7 Å². The van der Waals surface area contributed by atoms with Crippen molar-refractivity contribution in [3.63, 3.8) is 0 Å². The summed E-state index contributed by atoms with van der Waals surface area (Å²) < 4.78 is 46.5. The zero-order valence-corrected chi connectivity index (χ0v) is 13.6. The molecule has 1 aromatic heterocycles. The third kappa shape index (κ3) is 7.65. The molecule has 134 valence electrons. The molecule has 0 unspecified atom stereocenters. The number of rotatable bonds is 4. The van der Waals surface area contributed by atoms with Gasteiger partial charge in [-0.15, -0.1) is 0 Å². The second kappa shape index (κ2) is 7.37. The Hall–Kier alpha value is -2.52. The summed E-state index contributed by atoms with van der Waals surface area (Å²) in [7, 11) is 0. The summed E-state index contributed by atoms with van der Waals surface area (Å²) in [6, 6.07) is 1.16. The molecule has 0 atom stereocenters. The number of alkyl halides is 3. The summed E-state index contributed by atoms with van der Waals surface area (Å²) in [5, 5.41) is 4.62. The first-order valence-corrected chi connectivity index (χ1v) is 6.83. The molecule has 0 saturated carbocycles. The SMILES string of the molecule is CC(=O)Nc1cc(NC(=O)OC(C)(C)C)c(OCC(F)(F)F)cn1. The van der Waals surface area contributed by atoms with Crippen molar-refractivity contribution in [1.29, 1.82) is 0 Å². The predicted octanol–water partition coefficient (Wildman–Crippen LogP) is 3.33. The van der Waals surface area contributed by atoms with Gasteiger partial charge < -0.3 is 14.8 Å². The molecule has 0 aromatic carbocycles. The normalized spacial score (nSPS) is 11.6. The summed E-state index contributed by atoms with van der Waals surface area (Å²) in [5.74, 6) is -0.713. The number of hydrogen-bond donors (Lipinski definition) is 2. The second-order valence-electron chi connectivity index (χ2n) is 5.78. The maximum atomic E-state index is 12.3. The van der Waals surface area contributed by atoms with E-state index in [1.807, 2.05) is 0 Å². The molecule has 0 saturated heterocycles. The van der Waals surface area contributed by atoms with Gasteiger partial charge in [-0.3, -0.25) is 10.1 Å². The van der Waals surface area contributed by atoms with E-state index < -0.39 is 30.4 Å². The van der Waals surface area contributed by atoms with E-state index in [4.69, 9.17) is 4.74 Å². The molecule has 0 aliphatic heterocycles. The van der Waals surface area contributed by atoms with Crippen molar-refractivity contribution in [2.75, 3.05) is 17.2 Å². The van der Waals surface area contributed by atoms with Crippen LogP contribution in [0.2, 0.25) is 0 Å². The fourth-order valence-electron chi connectivity index (χ4n) is 1.48. The zero-order valence-electron chi connectivity index (χ0n) is 13.6. The van der Waals surface area contributed by atoms with Crippen LogP contribution in [0.3, 0.4) is 0 Å². The van der Waals surface area contributed by atoms with Crippen molar-refractivity contribution in [3.05, 3.63) is 12.3 Å². The van der Waals surface area contributed by atoms with Gasteiger partial charge >= 0.3 is 12.3 Å². The highest BCUT2D eigenvalue weighted by atomic mass is 19.4. The topological polar surface area (TPSA) is 89.6 Å². The Kier molecular flexibility index (Phi) is 5.99. The first-order valence-electron chi connectivity index (χ1n) is 6.83. The highest BCUT2D eigenvalue weighted by Gasteiger charge is 2.29. The van der Waals surface area contributed by atoms with Crippen LogP contribution < -0.4 is 15.4 Å². The van der Waals surface area contributed by atoms with Gasteiger partial charge in [0.25, 0.3) is 0 Å². The number of anilines is 2. The minimum absolute atomic E-state index is 0.0351. The van der Waals surface area contributed by atoms with Gasteiger partial charge in [-0.1, -0.05) is 0 Å². The predicted molar refractivity (Wildman–Crippen MR) is 79.9 cm³/mol. The number of carbonyl (C=O) groups is 2. The van der Waals surface area contributed by atoms with Gasteiger partial charge in [0.1, 0.15) is 11.4 Å². The van der Waals surface area contributed by atoms with Crippen molar-refractivity contribution in [2.45, 2.75) is 39.5 Å². The van der Waals surface area contributed by atoms with E-state index in [9.17, 15) is 22.8 Å². The first-order chi connectivity index (χ1) is 10.9. The fraction of sp³-hybridized carbons (Fsp3) is 0.500. The summed E-state index contributed by atoms with van der Waals surface area (Å²) in [5.41, 5.74) is -0.919. The first kappa shape index (κ1) is 19.5. The number of nitrogens with one attached hydrogen (secondary N) is 2. The van der Waals surface area contributed by atoms with E-state index in [-0.39, 0.29) is 17.3 Å². The van der Waals surface area contributed by atoms with Gasteiger partial charge in [0.05, 0.1) is 11.9 Å². The summed E-state index contributed by atoms with van der Waals surface area (Å²) in [6.45, 7) is 4.56. The lowest BCUT2D eigenvalue weighted by atomic mass is 10.2. The molecule has 24 heavy (non-hydrogen) atoms. The number of hydrogen-bond acceptors (Lipinski definition) is 5. The maximum Gasteiger partial charge on any atom is 0.422 e. The molecule has 2 N–H and O–H groups in total. The minimum Gasteiger partial charge on any atom is -0.480 e. The molecular weight excluding hydrogens is 331 g/mol. The summed E-state index contributed by atoms with van der Waals surface area (Å²) in [4.78, 5) is 26.6. The van der Waals surface area contributed by atoms with Gasteiger partial charge in [-0.2, -0.15) is 13.2 Å². The maximum absolute atomic E-state index is 12.3. The summed E-state index contributed by atoms with van der Waals surface area (Å²) in [6.07, 6.45) is -4.48. The Bertz CT molecular complexity index is 612. The highest BCUT2D eigenvalue weighted by molar-refractivity contribution is 5.91. The van der Waals surface area contributed by atoms with Crippen molar-refractivity contribution in [2.24, 2.45) is 0 Å². The standard InChI is InChI=1S/C14H18F3N3O4/c1-8(21)19-11-5-9(20-12(22)24-13(2,3)4)10(6-18-11)23-7-14(15,16)17/h5-6H,7H2,1-4H3,(H2,18,19,20,21,22). The summed E-state index contributed by atoms with van der Waals surface area (Å²) >= 11 is 0. The van der Waals surface area contributed by atoms with E-state index in [0.717, 1.165) is 12.3 Å². The quantitative estimate of drug-likeness (QED) is 0.870. The fourth-order valence-corrected chi connectivity index (χ4v) is 1.48. The molecule has 0 aliphatic carbocycles. The Morgan fingerprint density at radius 1 is 1.21 bits per heavy atom. The van der Waals surface area contributed by atoms with Gasteiger partial charge in [0.2, 0.25) is 5.91 Å². The van der Waals surface area contributed by atoms with E-state index in [0.29, 0.717) is 0 Å². The molecule has 2 amide bonds. The highest BCUT2D eigenvalue weighted by Crippen LogP contribution is 2.28. The molecule has 0 fully saturated rings. The van der Waals surface area contributed by atoms with Crippen LogP contribution >= 0.6 is 0 Å². The van der Waals surface area contributed by atoms with Crippen LogP contribution in [0.25, 0.3) is 0 Å².